The number of methoxy groups -OCH3 is 1. The molecule has 2 aromatic heterocycles. The van der Waals surface area contributed by atoms with E-state index in [-0.39, 0.29) is 5.82 Å². The fourth-order valence-corrected chi connectivity index (χ4v) is 6.61. The highest BCUT2D eigenvalue weighted by molar-refractivity contribution is 5.95. The molecule has 0 radical (unpaired) electrons. The molecule has 4 heterocycles. The second-order valence-corrected chi connectivity index (χ2v) is 11.5. The van der Waals surface area contributed by atoms with E-state index < -0.39 is 0 Å². The van der Waals surface area contributed by atoms with Crippen LogP contribution in [-0.4, -0.2) is 67.4 Å². The Balaban J connectivity index is 1.23. The number of hydrogen-bond acceptors (Lipinski definition) is 7. The van der Waals surface area contributed by atoms with Crippen LogP contribution in [0.3, 0.4) is 0 Å². The van der Waals surface area contributed by atoms with E-state index in [4.69, 9.17) is 14.5 Å². The second-order valence-electron chi connectivity index (χ2n) is 11.5. The first-order chi connectivity index (χ1) is 19.7. The first-order valence-corrected chi connectivity index (χ1v) is 15.1. The van der Waals surface area contributed by atoms with Gasteiger partial charge >= 0.3 is 0 Å². The van der Waals surface area contributed by atoms with Gasteiger partial charge in [-0.15, -0.1) is 0 Å². The summed E-state index contributed by atoms with van der Waals surface area (Å²) in [4.78, 5) is 13.7. The summed E-state index contributed by atoms with van der Waals surface area (Å²) in [5, 5.41) is 5.08. The number of aryl methyl sites for hydroxylation is 1. The maximum Gasteiger partial charge on any atom is 0.164 e. The largest absolute Gasteiger partial charge is 0.496 e. The van der Waals surface area contributed by atoms with Crippen molar-refractivity contribution in [1.82, 2.24) is 14.9 Å². The summed E-state index contributed by atoms with van der Waals surface area (Å²) in [5.41, 5.74) is 6.53. The highest BCUT2D eigenvalue weighted by atomic mass is 19.1. The van der Waals surface area contributed by atoms with Crippen LogP contribution in [0.5, 0.6) is 5.75 Å². The number of benzene rings is 1. The molecule has 0 spiro atoms. The molecule has 2 aliphatic heterocycles. The number of pyridine rings is 2. The molecule has 1 aliphatic carbocycles. The van der Waals surface area contributed by atoms with E-state index in [9.17, 15) is 4.39 Å². The van der Waals surface area contributed by atoms with Gasteiger partial charge < -0.3 is 24.6 Å². The van der Waals surface area contributed by atoms with Gasteiger partial charge in [-0.1, -0.05) is 6.42 Å². The zero-order chi connectivity index (χ0) is 27.3. The van der Waals surface area contributed by atoms with Crippen molar-refractivity contribution in [3.8, 4) is 5.75 Å². The Kier molecular flexibility index (Phi) is 8.63. The predicted octanol–water partition coefficient (Wildman–Crippen LogP) is 5.74. The number of halogens is 1. The molecule has 0 bridgehead atoms. The fraction of sp³-hybridized carbons (Fsp3) is 0.562. The lowest BCUT2D eigenvalue weighted by atomic mass is 9.97. The Hall–Kier alpha value is -2.97. The van der Waals surface area contributed by atoms with Gasteiger partial charge in [-0.3, -0.25) is 9.97 Å². The van der Waals surface area contributed by atoms with Crippen LogP contribution in [0.4, 0.5) is 15.8 Å². The number of nitrogens with zero attached hydrogens (tertiary/aromatic N) is 4. The van der Waals surface area contributed by atoms with E-state index in [1.807, 2.05) is 0 Å². The van der Waals surface area contributed by atoms with E-state index in [1.54, 1.807) is 19.4 Å². The second kappa shape index (κ2) is 12.7. The third-order valence-electron chi connectivity index (χ3n) is 8.86. The van der Waals surface area contributed by atoms with E-state index in [1.165, 1.54) is 68.3 Å². The molecular weight excluding hydrogens is 505 g/mol. The maximum atomic E-state index is 14.3. The molecule has 6 rings (SSSR count). The molecule has 2 saturated heterocycles. The van der Waals surface area contributed by atoms with Crippen LogP contribution in [0.1, 0.15) is 61.8 Å². The molecule has 3 aliphatic rings. The Labute approximate surface area is 237 Å². The van der Waals surface area contributed by atoms with Gasteiger partial charge in [-0.05, 0) is 88.2 Å². The number of nitrogens with one attached hydrogen (secondary N) is 1. The first-order valence-electron chi connectivity index (χ1n) is 15.1. The quantitative estimate of drug-likeness (QED) is 0.271. The van der Waals surface area contributed by atoms with Crippen molar-refractivity contribution in [2.75, 3.05) is 56.7 Å². The molecule has 1 N–H and O–H groups in total. The fourth-order valence-electron chi connectivity index (χ4n) is 6.61. The number of anilines is 2. The Morgan fingerprint density at radius 1 is 1.02 bits per heavy atom. The number of fused-ring (bicyclic) bond motifs is 2. The molecule has 3 aromatic rings. The highest BCUT2D eigenvalue weighted by Gasteiger charge is 2.25. The molecule has 2 fully saturated rings. The lowest BCUT2D eigenvalue weighted by Crippen LogP contribution is -2.39. The van der Waals surface area contributed by atoms with Crippen LogP contribution >= 0.6 is 0 Å². The molecule has 214 valence electrons. The number of piperidine rings is 1. The third-order valence-corrected chi connectivity index (χ3v) is 8.86. The maximum absolute atomic E-state index is 14.3. The van der Waals surface area contributed by atoms with Gasteiger partial charge in [0.05, 0.1) is 37.7 Å². The normalized spacial score (nSPS) is 18.6. The smallest absolute Gasteiger partial charge is 0.164 e. The Bertz CT molecular complexity index is 1300. The van der Waals surface area contributed by atoms with Gasteiger partial charge in [0, 0.05) is 54.2 Å². The summed E-state index contributed by atoms with van der Waals surface area (Å²) in [6.45, 7) is 6.24. The number of aromatic nitrogens is 2. The molecule has 1 aromatic carbocycles. The zero-order valence-corrected chi connectivity index (χ0v) is 23.8. The lowest BCUT2D eigenvalue weighted by molar-refractivity contribution is 0.0979. The summed E-state index contributed by atoms with van der Waals surface area (Å²) in [5.74, 6) is 0.609. The van der Waals surface area contributed by atoms with Gasteiger partial charge in [0.15, 0.2) is 5.82 Å². The van der Waals surface area contributed by atoms with Gasteiger partial charge in [0.2, 0.25) is 0 Å². The number of likely N-dealkylation sites (tertiary alicyclic amines) is 1. The van der Waals surface area contributed by atoms with Crippen molar-refractivity contribution in [2.45, 2.75) is 70.4 Å². The average molecular weight is 548 g/mol. The summed E-state index contributed by atoms with van der Waals surface area (Å²) in [6.07, 6.45) is 13.1. The molecule has 0 saturated carbocycles. The minimum atomic E-state index is -0.248. The summed E-state index contributed by atoms with van der Waals surface area (Å²) in [7, 11) is 1.74. The molecule has 0 unspecified atom stereocenters. The number of rotatable bonds is 9. The minimum absolute atomic E-state index is 0.248. The topological polar surface area (TPSA) is 62.8 Å². The SMILES string of the molecule is COc1cc2c(NC3CCN(c4ccncc4F)CC3)c3c(nc2cc1COCCN1CCCC1)CCCCC3. The minimum Gasteiger partial charge on any atom is -0.496 e. The van der Waals surface area contributed by atoms with E-state index >= 15 is 0 Å². The van der Waals surface area contributed by atoms with Crippen LogP contribution in [0.25, 0.3) is 10.9 Å². The van der Waals surface area contributed by atoms with Gasteiger partial charge in [-0.2, -0.15) is 0 Å². The number of ether oxygens (including phenoxy) is 2. The number of hydrogen-bond donors (Lipinski definition) is 1. The lowest BCUT2D eigenvalue weighted by Gasteiger charge is -2.35. The molecule has 0 atom stereocenters. The Morgan fingerprint density at radius 2 is 1.85 bits per heavy atom. The predicted molar refractivity (Wildman–Crippen MR) is 158 cm³/mol. The van der Waals surface area contributed by atoms with Gasteiger partial charge in [0.25, 0.3) is 0 Å². The van der Waals surface area contributed by atoms with Crippen molar-refractivity contribution < 1.29 is 13.9 Å². The first kappa shape index (κ1) is 27.2. The average Bonchev–Trinajstić information content (AvgIpc) is 3.39. The van der Waals surface area contributed by atoms with Crippen LogP contribution in [0.15, 0.2) is 30.6 Å². The molecule has 8 heteroatoms. The van der Waals surface area contributed by atoms with E-state index in [0.717, 1.165) is 74.1 Å². The molecule has 40 heavy (non-hydrogen) atoms. The summed E-state index contributed by atoms with van der Waals surface area (Å²) in [6, 6.07) is 6.43. The van der Waals surface area contributed by atoms with Crippen molar-refractivity contribution in [3.63, 3.8) is 0 Å². The third kappa shape index (κ3) is 6.03. The van der Waals surface area contributed by atoms with Crippen LogP contribution in [-0.2, 0) is 24.2 Å². The monoisotopic (exact) mass is 547 g/mol. The summed E-state index contributed by atoms with van der Waals surface area (Å²) < 4.78 is 26.3. The van der Waals surface area contributed by atoms with Crippen molar-refractivity contribution in [3.05, 3.63) is 53.2 Å². The highest BCUT2D eigenvalue weighted by Crippen LogP contribution is 2.37. The molecular formula is C32H42FN5O2. The van der Waals surface area contributed by atoms with E-state index in [2.05, 4.69) is 32.2 Å². The van der Waals surface area contributed by atoms with Crippen LogP contribution in [0, 0.1) is 5.82 Å². The van der Waals surface area contributed by atoms with E-state index in [0.29, 0.717) is 18.3 Å². The van der Waals surface area contributed by atoms with Crippen molar-refractivity contribution in [1.29, 1.82) is 0 Å². The molecule has 7 nitrogen and oxygen atoms in total. The van der Waals surface area contributed by atoms with Crippen molar-refractivity contribution in [2.24, 2.45) is 0 Å². The van der Waals surface area contributed by atoms with Gasteiger partial charge in [-0.25, -0.2) is 4.39 Å². The standard InChI is InChI=1S/C32H42FN5O2/c1-39-31-20-26-29(19-23(31)22-40-18-17-37-13-5-6-14-37)36-28-8-4-2-3-7-25(28)32(26)35-24-10-15-38(16-11-24)30-9-12-34-21-27(30)33/h9,12,19-21,24H,2-8,10-11,13-18,22H2,1H3,(H,35,36). The van der Waals surface area contributed by atoms with Crippen LogP contribution < -0.4 is 15.0 Å². The van der Waals surface area contributed by atoms with Gasteiger partial charge in [0.1, 0.15) is 5.75 Å². The van der Waals surface area contributed by atoms with Crippen LogP contribution in [0.2, 0.25) is 0 Å². The summed E-state index contributed by atoms with van der Waals surface area (Å²) >= 11 is 0. The molecule has 0 amide bonds. The van der Waals surface area contributed by atoms with Crippen molar-refractivity contribution >= 4 is 22.3 Å². The zero-order valence-electron chi connectivity index (χ0n) is 23.8. The Morgan fingerprint density at radius 3 is 2.65 bits per heavy atom.